The number of anilines is 1. The van der Waals surface area contributed by atoms with Crippen molar-refractivity contribution >= 4 is 29.2 Å². The van der Waals surface area contributed by atoms with Crippen LogP contribution in [-0.2, 0) is 4.79 Å². The molecular weight excluding hydrogens is 498 g/mol. The van der Waals surface area contributed by atoms with E-state index in [1.165, 1.54) is 48.2 Å². The summed E-state index contributed by atoms with van der Waals surface area (Å²) in [4.78, 5) is 37.7. The van der Waals surface area contributed by atoms with Gasteiger partial charge in [-0.15, -0.1) is 0 Å². The fourth-order valence-electron chi connectivity index (χ4n) is 3.93. The van der Waals surface area contributed by atoms with Crippen molar-refractivity contribution in [3.8, 4) is 22.9 Å². The van der Waals surface area contributed by atoms with E-state index in [-0.39, 0.29) is 17.9 Å². The lowest BCUT2D eigenvalue weighted by molar-refractivity contribution is -0.119. The SMILES string of the molecule is COc1cn(C(CCCCCO)C(=O)Nc2ccc(C(=O)O)cc2)c(=O)cc1-c1cc(Cl)ccc1C#N. The smallest absolute Gasteiger partial charge is 0.335 e. The number of rotatable bonds is 11. The fraction of sp³-hybridized carbons (Fsp3) is 0.259. The summed E-state index contributed by atoms with van der Waals surface area (Å²) in [7, 11) is 1.42. The average molecular weight is 524 g/mol. The molecule has 3 N–H and O–H groups in total. The van der Waals surface area contributed by atoms with Gasteiger partial charge < -0.3 is 20.3 Å². The number of hydrogen-bond donors (Lipinski definition) is 3. The second-order valence-electron chi connectivity index (χ2n) is 8.26. The molecule has 0 bridgehead atoms. The van der Waals surface area contributed by atoms with Gasteiger partial charge in [0, 0.05) is 34.5 Å². The number of halogens is 1. The topological polar surface area (TPSA) is 142 Å². The van der Waals surface area contributed by atoms with Gasteiger partial charge in [-0.05, 0) is 55.3 Å². The van der Waals surface area contributed by atoms with E-state index in [0.29, 0.717) is 53.1 Å². The second kappa shape index (κ2) is 12.7. The van der Waals surface area contributed by atoms with Crippen molar-refractivity contribution in [2.75, 3.05) is 19.0 Å². The minimum absolute atomic E-state index is 0.0239. The van der Waals surface area contributed by atoms with Crippen LogP contribution in [0, 0.1) is 11.3 Å². The summed E-state index contributed by atoms with van der Waals surface area (Å²) in [6, 6.07) is 12.9. The van der Waals surface area contributed by atoms with Gasteiger partial charge in [0.05, 0.1) is 30.5 Å². The number of carboxylic acids is 1. The quantitative estimate of drug-likeness (QED) is 0.314. The lowest BCUT2D eigenvalue weighted by Crippen LogP contribution is -2.33. The normalized spacial score (nSPS) is 11.4. The standard InChI is InChI=1S/C27H26ClN3O6/c1-37-24-16-31(25(33)14-22(24)21-13-19(28)9-6-18(21)15-29)23(5-3-2-4-12-32)26(34)30-20-10-7-17(8-11-20)27(35)36/h6-11,13-14,16,23,32H,2-5,12H2,1H3,(H,30,34)(H,35,36). The number of ether oxygens (including phenoxy) is 1. The Morgan fingerprint density at radius 2 is 1.84 bits per heavy atom. The zero-order valence-electron chi connectivity index (χ0n) is 20.1. The van der Waals surface area contributed by atoms with Crippen LogP contribution >= 0.6 is 11.6 Å². The third-order valence-electron chi connectivity index (χ3n) is 5.83. The molecule has 1 amide bonds. The molecule has 0 aliphatic rings. The Morgan fingerprint density at radius 3 is 2.46 bits per heavy atom. The molecule has 1 aromatic heterocycles. The van der Waals surface area contributed by atoms with Crippen molar-refractivity contribution < 1.29 is 24.5 Å². The number of unbranched alkanes of at least 4 members (excludes halogenated alkanes) is 2. The third kappa shape index (κ3) is 6.76. The van der Waals surface area contributed by atoms with E-state index in [4.69, 9.17) is 26.6 Å². The molecule has 2 aromatic carbocycles. The number of carbonyl (C=O) groups is 2. The molecule has 0 aliphatic carbocycles. The first kappa shape index (κ1) is 27.5. The van der Waals surface area contributed by atoms with Gasteiger partial charge in [0.15, 0.2) is 0 Å². The molecule has 1 atom stereocenters. The molecule has 0 saturated heterocycles. The Balaban J connectivity index is 2.01. The van der Waals surface area contributed by atoms with Crippen molar-refractivity contribution in [3.63, 3.8) is 0 Å². The van der Waals surface area contributed by atoms with Crippen molar-refractivity contribution in [2.24, 2.45) is 0 Å². The summed E-state index contributed by atoms with van der Waals surface area (Å²) in [5.41, 5.74) is 1.08. The number of nitriles is 1. The summed E-state index contributed by atoms with van der Waals surface area (Å²) in [6.45, 7) is 0.0239. The van der Waals surface area contributed by atoms with Gasteiger partial charge in [-0.2, -0.15) is 5.26 Å². The highest BCUT2D eigenvalue weighted by Gasteiger charge is 2.24. The van der Waals surface area contributed by atoms with E-state index in [2.05, 4.69) is 11.4 Å². The number of nitrogens with one attached hydrogen (secondary N) is 1. The number of carboxylic acid groups (broad SMARTS) is 1. The minimum Gasteiger partial charge on any atom is -0.495 e. The van der Waals surface area contributed by atoms with Crippen LogP contribution in [0.15, 0.2) is 59.5 Å². The van der Waals surface area contributed by atoms with Crippen LogP contribution in [0.5, 0.6) is 5.75 Å². The molecule has 10 heteroatoms. The number of nitrogens with zero attached hydrogens (tertiary/aromatic N) is 2. The monoisotopic (exact) mass is 523 g/mol. The van der Waals surface area contributed by atoms with Crippen LogP contribution < -0.4 is 15.6 Å². The maximum Gasteiger partial charge on any atom is 0.335 e. The molecule has 3 aromatic rings. The molecule has 0 fully saturated rings. The number of methoxy groups -OCH3 is 1. The Hall–Kier alpha value is -4.13. The Kier molecular flexibility index (Phi) is 9.44. The van der Waals surface area contributed by atoms with E-state index in [0.717, 1.165) is 0 Å². The summed E-state index contributed by atoms with van der Waals surface area (Å²) in [5, 5.41) is 30.8. The molecule has 0 spiro atoms. The number of aromatic carboxylic acids is 1. The molecule has 1 heterocycles. The minimum atomic E-state index is -1.09. The lowest BCUT2D eigenvalue weighted by Gasteiger charge is -2.21. The zero-order valence-corrected chi connectivity index (χ0v) is 20.9. The fourth-order valence-corrected chi connectivity index (χ4v) is 4.10. The van der Waals surface area contributed by atoms with Gasteiger partial charge in [0.2, 0.25) is 5.91 Å². The van der Waals surface area contributed by atoms with Gasteiger partial charge in [0.25, 0.3) is 5.56 Å². The van der Waals surface area contributed by atoms with Crippen molar-refractivity contribution in [1.82, 2.24) is 4.57 Å². The van der Waals surface area contributed by atoms with Crippen LogP contribution in [0.1, 0.15) is 47.6 Å². The molecule has 1 unspecified atom stereocenters. The molecular formula is C27H26ClN3O6. The molecule has 9 nitrogen and oxygen atoms in total. The van der Waals surface area contributed by atoms with Crippen LogP contribution in [0.2, 0.25) is 5.02 Å². The molecule has 3 rings (SSSR count). The highest BCUT2D eigenvalue weighted by molar-refractivity contribution is 6.31. The number of benzene rings is 2. The predicted molar refractivity (Wildman–Crippen MR) is 139 cm³/mol. The van der Waals surface area contributed by atoms with E-state index >= 15 is 0 Å². The number of aliphatic hydroxyl groups excluding tert-OH is 1. The van der Waals surface area contributed by atoms with Crippen LogP contribution in [-0.4, -0.2) is 40.4 Å². The Labute approximate surface area is 218 Å². The lowest BCUT2D eigenvalue weighted by atomic mass is 10.00. The maximum atomic E-state index is 13.3. The number of amides is 1. The van der Waals surface area contributed by atoms with E-state index in [1.54, 1.807) is 18.2 Å². The Morgan fingerprint density at radius 1 is 1.11 bits per heavy atom. The van der Waals surface area contributed by atoms with Gasteiger partial charge in [-0.25, -0.2) is 4.79 Å². The summed E-state index contributed by atoms with van der Waals surface area (Å²) >= 11 is 6.13. The van der Waals surface area contributed by atoms with Gasteiger partial charge >= 0.3 is 5.97 Å². The predicted octanol–water partition coefficient (Wildman–Crippen LogP) is 4.48. The molecule has 0 radical (unpaired) electrons. The first-order valence-corrected chi connectivity index (χ1v) is 11.9. The summed E-state index contributed by atoms with van der Waals surface area (Å²) in [5.74, 6) is -1.28. The van der Waals surface area contributed by atoms with E-state index in [1.807, 2.05) is 0 Å². The second-order valence-corrected chi connectivity index (χ2v) is 8.70. The van der Waals surface area contributed by atoms with Gasteiger partial charge in [-0.1, -0.05) is 24.4 Å². The van der Waals surface area contributed by atoms with Crippen LogP contribution in [0.4, 0.5) is 5.69 Å². The highest BCUT2D eigenvalue weighted by Crippen LogP contribution is 2.33. The Bertz CT molecular complexity index is 1380. The van der Waals surface area contributed by atoms with Gasteiger partial charge in [-0.3, -0.25) is 14.2 Å². The van der Waals surface area contributed by atoms with E-state index in [9.17, 15) is 19.6 Å². The van der Waals surface area contributed by atoms with Crippen molar-refractivity contribution in [1.29, 1.82) is 5.26 Å². The molecule has 0 saturated carbocycles. The largest absolute Gasteiger partial charge is 0.495 e. The molecule has 0 aliphatic heterocycles. The van der Waals surface area contributed by atoms with Crippen LogP contribution in [0.3, 0.4) is 0 Å². The summed E-state index contributed by atoms with van der Waals surface area (Å²) in [6.07, 6.45) is 3.53. The maximum absolute atomic E-state index is 13.3. The number of aromatic nitrogens is 1. The number of aliphatic hydroxyl groups is 1. The van der Waals surface area contributed by atoms with Gasteiger partial charge in [0.1, 0.15) is 11.8 Å². The first-order valence-electron chi connectivity index (χ1n) is 11.5. The molecule has 37 heavy (non-hydrogen) atoms. The third-order valence-corrected chi connectivity index (χ3v) is 6.06. The molecule has 192 valence electrons. The van der Waals surface area contributed by atoms with Crippen LogP contribution in [0.25, 0.3) is 11.1 Å². The first-order chi connectivity index (χ1) is 17.8. The number of hydrogen-bond acceptors (Lipinski definition) is 6. The number of carbonyl (C=O) groups excluding carboxylic acids is 1. The highest BCUT2D eigenvalue weighted by atomic mass is 35.5. The van der Waals surface area contributed by atoms with Crippen molar-refractivity contribution in [3.05, 3.63) is 81.2 Å². The van der Waals surface area contributed by atoms with Crippen molar-refractivity contribution in [2.45, 2.75) is 31.7 Å². The van der Waals surface area contributed by atoms with E-state index < -0.39 is 23.5 Å². The summed E-state index contributed by atoms with van der Waals surface area (Å²) < 4.78 is 6.81. The number of pyridine rings is 1. The zero-order chi connectivity index (χ0) is 26.9. The average Bonchev–Trinajstić information content (AvgIpc) is 2.89.